The lowest BCUT2D eigenvalue weighted by atomic mass is 10.3. The molecule has 0 radical (unpaired) electrons. The molecule has 0 aliphatic rings. The number of furan rings is 1. The summed E-state index contributed by atoms with van der Waals surface area (Å²) in [6.45, 7) is 3.08. The molecule has 0 saturated heterocycles. The summed E-state index contributed by atoms with van der Waals surface area (Å²) in [5, 5.41) is 2.61. The van der Waals surface area contributed by atoms with Crippen LogP contribution in [0.1, 0.15) is 23.9 Å². The summed E-state index contributed by atoms with van der Waals surface area (Å²) in [6, 6.07) is 14.1. The highest BCUT2D eigenvalue weighted by atomic mass is 32.2. The van der Waals surface area contributed by atoms with Gasteiger partial charge in [0.15, 0.2) is 0 Å². The Kier molecular flexibility index (Phi) is 6.12. The van der Waals surface area contributed by atoms with E-state index >= 15 is 0 Å². The zero-order valence-electron chi connectivity index (χ0n) is 18.1. The Morgan fingerprint density at radius 2 is 1.88 bits per heavy atom. The van der Waals surface area contributed by atoms with Gasteiger partial charge in [-0.2, -0.15) is 4.31 Å². The predicted molar refractivity (Wildman–Crippen MR) is 122 cm³/mol. The second-order valence-electron chi connectivity index (χ2n) is 7.58. The number of fused-ring (bicyclic) bond motifs is 1. The van der Waals surface area contributed by atoms with Gasteiger partial charge >= 0.3 is 0 Å². The molecule has 0 saturated carbocycles. The lowest BCUT2D eigenvalue weighted by Gasteiger charge is -2.21. The van der Waals surface area contributed by atoms with E-state index in [9.17, 15) is 18.0 Å². The van der Waals surface area contributed by atoms with Gasteiger partial charge in [0.1, 0.15) is 11.4 Å². The van der Waals surface area contributed by atoms with Crippen molar-refractivity contribution in [2.75, 3.05) is 5.32 Å². The molecule has 33 heavy (non-hydrogen) atoms. The minimum Gasteiger partial charge on any atom is -0.468 e. The van der Waals surface area contributed by atoms with Crippen molar-refractivity contribution < 1.29 is 17.6 Å². The molecule has 0 bridgehead atoms. The molecule has 0 fully saturated rings. The van der Waals surface area contributed by atoms with E-state index in [0.29, 0.717) is 22.8 Å². The van der Waals surface area contributed by atoms with Gasteiger partial charge in [0.2, 0.25) is 15.9 Å². The molecule has 0 spiro atoms. The van der Waals surface area contributed by atoms with Crippen LogP contribution in [0.25, 0.3) is 5.65 Å². The largest absolute Gasteiger partial charge is 0.468 e. The van der Waals surface area contributed by atoms with Crippen LogP contribution in [0.15, 0.2) is 81.2 Å². The van der Waals surface area contributed by atoms with Crippen LogP contribution in [-0.2, 0) is 27.9 Å². The third kappa shape index (κ3) is 5.02. The van der Waals surface area contributed by atoms with E-state index in [4.69, 9.17) is 4.42 Å². The molecule has 1 N–H and O–H groups in total. The van der Waals surface area contributed by atoms with Crippen molar-refractivity contribution in [3.8, 4) is 0 Å². The third-order valence-electron chi connectivity index (χ3n) is 4.94. The van der Waals surface area contributed by atoms with Crippen LogP contribution in [0.3, 0.4) is 0 Å². The van der Waals surface area contributed by atoms with Crippen LogP contribution < -0.4 is 10.9 Å². The zero-order chi connectivity index (χ0) is 23.6. The van der Waals surface area contributed by atoms with Crippen LogP contribution in [0.4, 0.5) is 5.69 Å². The first-order chi connectivity index (χ1) is 15.7. The molecule has 170 valence electrons. The summed E-state index contributed by atoms with van der Waals surface area (Å²) in [5.41, 5.74) is 1.87. The second kappa shape index (κ2) is 9.00. The summed E-state index contributed by atoms with van der Waals surface area (Å²) in [7, 11) is -3.98. The maximum Gasteiger partial charge on any atom is 0.258 e. The van der Waals surface area contributed by atoms with Gasteiger partial charge in [0.05, 0.1) is 29.9 Å². The van der Waals surface area contributed by atoms with Crippen molar-refractivity contribution in [1.29, 1.82) is 0 Å². The molecule has 1 aromatic carbocycles. The fourth-order valence-electron chi connectivity index (χ4n) is 3.38. The number of amides is 1. The number of nitrogens with one attached hydrogen (secondary N) is 1. The molecular weight excluding hydrogens is 444 g/mol. The Morgan fingerprint density at radius 3 is 2.55 bits per heavy atom. The summed E-state index contributed by atoms with van der Waals surface area (Å²) in [6.07, 6.45) is 3.10. The summed E-state index contributed by atoms with van der Waals surface area (Å²) in [5.74, 6) is 0.191. The monoisotopic (exact) mass is 466 g/mol. The molecule has 0 aliphatic heterocycles. The zero-order valence-corrected chi connectivity index (χ0v) is 18.9. The summed E-state index contributed by atoms with van der Waals surface area (Å²) >= 11 is 0. The fourth-order valence-corrected chi connectivity index (χ4v) is 4.76. The number of nitrogens with zero attached hydrogens (tertiary/aromatic N) is 3. The SMILES string of the molecule is CC(=O)Nc1ccc(S(=O)(=O)N(Cc2cc(=O)n3ccc(C)cc3n2)Cc2ccco2)cc1. The van der Waals surface area contributed by atoms with Crippen molar-refractivity contribution in [3.05, 3.63) is 94.4 Å². The maximum atomic E-state index is 13.5. The molecule has 1 amide bonds. The lowest BCUT2D eigenvalue weighted by Crippen LogP contribution is -2.31. The molecule has 9 nitrogen and oxygen atoms in total. The number of hydrogen-bond acceptors (Lipinski definition) is 6. The van der Waals surface area contributed by atoms with Gasteiger partial charge < -0.3 is 9.73 Å². The van der Waals surface area contributed by atoms with Gasteiger partial charge in [-0.25, -0.2) is 13.4 Å². The highest BCUT2D eigenvalue weighted by Gasteiger charge is 2.26. The molecule has 10 heteroatoms. The molecule has 4 rings (SSSR count). The number of hydrogen-bond donors (Lipinski definition) is 1. The maximum absolute atomic E-state index is 13.5. The molecule has 0 unspecified atom stereocenters. The first-order valence-corrected chi connectivity index (χ1v) is 11.6. The highest BCUT2D eigenvalue weighted by molar-refractivity contribution is 7.89. The smallest absolute Gasteiger partial charge is 0.258 e. The molecule has 3 aromatic heterocycles. The van der Waals surface area contributed by atoms with E-state index in [1.807, 2.05) is 6.92 Å². The number of anilines is 1. The van der Waals surface area contributed by atoms with Gasteiger partial charge in [0, 0.05) is 24.9 Å². The van der Waals surface area contributed by atoms with E-state index in [0.717, 1.165) is 5.56 Å². The van der Waals surface area contributed by atoms with Crippen molar-refractivity contribution in [2.45, 2.75) is 31.8 Å². The summed E-state index contributed by atoms with van der Waals surface area (Å²) < 4.78 is 34.9. The molecule has 0 aliphatic carbocycles. The number of pyridine rings is 1. The number of aromatic nitrogens is 2. The van der Waals surface area contributed by atoms with Crippen LogP contribution in [0, 0.1) is 6.92 Å². The highest BCUT2D eigenvalue weighted by Crippen LogP contribution is 2.22. The van der Waals surface area contributed by atoms with Gasteiger partial charge in [-0.3, -0.25) is 14.0 Å². The quantitative estimate of drug-likeness (QED) is 0.448. The Labute approximate surface area is 190 Å². The fraction of sp³-hybridized carbons (Fsp3) is 0.174. The van der Waals surface area contributed by atoms with Crippen molar-refractivity contribution in [1.82, 2.24) is 13.7 Å². The number of rotatable bonds is 7. The number of benzene rings is 1. The van der Waals surface area contributed by atoms with Crippen molar-refractivity contribution in [2.24, 2.45) is 0 Å². The Hall–Kier alpha value is -3.76. The molecule has 4 aromatic rings. The predicted octanol–water partition coefficient (Wildman–Crippen LogP) is 2.95. The van der Waals surface area contributed by atoms with E-state index in [-0.39, 0.29) is 29.5 Å². The van der Waals surface area contributed by atoms with Gasteiger partial charge in [-0.1, -0.05) is 0 Å². The van der Waals surface area contributed by atoms with Crippen LogP contribution in [0.2, 0.25) is 0 Å². The Morgan fingerprint density at radius 1 is 1.12 bits per heavy atom. The first kappa shape index (κ1) is 22.4. The van der Waals surface area contributed by atoms with E-state index in [1.165, 1.54) is 52.2 Å². The molecular formula is C23H22N4O5S. The number of carbonyl (C=O) groups excluding carboxylic acids is 1. The Balaban J connectivity index is 1.71. The van der Waals surface area contributed by atoms with Crippen LogP contribution in [0.5, 0.6) is 0 Å². The second-order valence-corrected chi connectivity index (χ2v) is 9.51. The van der Waals surface area contributed by atoms with Crippen LogP contribution in [-0.4, -0.2) is 28.0 Å². The molecule has 0 atom stereocenters. The third-order valence-corrected chi connectivity index (χ3v) is 6.74. The van der Waals surface area contributed by atoms with Gasteiger partial charge in [-0.05, 0) is 61.0 Å². The van der Waals surface area contributed by atoms with Gasteiger partial charge in [-0.15, -0.1) is 0 Å². The summed E-state index contributed by atoms with van der Waals surface area (Å²) in [4.78, 5) is 28.3. The van der Waals surface area contributed by atoms with Crippen molar-refractivity contribution >= 4 is 27.3 Å². The van der Waals surface area contributed by atoms with E-state index < -0.39 is 10.0 Å². The number of aryl methyl sites for hydroxylation is 1. The average Bonchev–Trinajstić information content (AvgIpc) is 3.26. The normalized spacial score (nSPS) is 11.7. The minimum atomic E-state index is -3.98. The molecule has 3 heterocycles. The average molecular weight is 467 g/mol. The van der Waals surface area contributed by atoms with Crippen LogP contribution >= 0.6 is 0 Å². The number of carbonyl (C=O) groups is 1. The van der Waals surface area contributed by atoms with E-state index in [2.05, 4.69) is 10.3 Å². The minimum absolute atomic E-state index is 0.0384. The standard InChI is InChI=1S/C23H22N4O5S/c1-16-9-10-27-22(12-16)25-19(13-23(27)29)14-26(15-20-4-3-11-32-20)33(30,31)21-7-5-18(6-8-21)24-17(2)28/h3-13H,14-15H2,1-2H3,(H,24,28). The van der Waals surface area contributed by atoms with Gasteiger partial charge in [0.25, 0.3) is 5.56 Å². The first-order valence-electron chi connectivity index (χ1n) is 10.1. The Bertz CT molecular complexity index is 1460. The number of sulfonamides is 1. The lowest BCUT2D eigenvalue weighted by molar-refractivity contribution is -0.114. The van der Waals surface area contributed by atoms with Crippen molar-refractivity contribution in [3.63, 3.8) is 0 Å². The topological polar surface area (TPSA) is 114 Å². The van der Waals surface area contributed by atoms with E-state index in [1.54, 1.807) is 30.5 Å².